The molecule has 3 aromatic rings. The predicted octanol–water partition coefficient (Wildman–Crippen LogP) is 4.80. The standard InChI is InChI=1S/C21H24BrClN6O2/c1-21(2,3)17-15(23)16(29(4)28-17)20(30)27-19-18(26-14(22)11-25-19)24-10-12-6-8-13(31-5)9-7-12/h6-9,11H,10H2,1-5H3,(H,24,26)(H,25,27,30). The molecule has 2 aromatic heterocycles. The molecule has 8 nitrogen and oxygen atoms in total. The third kappa shape index (κ3) is 5.34. The van der Waals surface area contributed by atoms with Gasteiger partial charge < -0.3 is 15.4 Å². The molecule has 2 heterocycles. The lowest BCUT2D eigenvalue weighted by Gasteiger charge is -2.15. The number of rotatable bonds is 6. The Morgan fingerprint density at radius 3 is 2.48 bits per heavy atom. The van der Waals surface area contributed by atoms with Crippen LogP contribution in [0, 0.1) is 0 Å². The van der Waals surface area contributed by atoms with Gasteiger partial charge >= 0.3 is 0 Å². The van der Waals surface area contributed by atoms with Crippen molar-refractivity contribution in [2.45, 2.75) is 32.7 Å². The summed E-state index contributed by atoms with van der Waals surface area (Å²) in [6, 6.07) is 7.64. The van der Waals surface area contributed by atoms with Crippen LogP contribution in [-0.2, 0) is 19.0 Å². The Hall–Kier alpha value is -2.65. The molecule has 0 unspecified atom stereocenters. The molecule has 0 radical (unpaired) electrons. The molecule has 31 heavy (non-hydrogen) atoms. The van der Waals surface area contributed by atoms with Gasteiger partial charge in [-0.25, -0.2) is 9.97 Å². The molecule has 2 N–H and O–H groups in total. The third-order valence-electron chi connectivity index (χ3n) is 4.51. The molecule has 1 amide bonds. The van der Waals surface area contributed by atoms with Crippen molar-refractivity contribution in [3.63, 3.8) is 0 Å². The van der Waals surface area contributed by atoms with Crippen LogP contribution in [-0.4, -0.2) is 32.8 Å². The maximum Gasteiger partial charge on any atom is 0.276 e. The topological polar surface area (TPSA) is 94.0 Å². The lowest BCUT2D eigenvalue weighted by atomic mass is 9.92. The van der Waals surface area contributed by atoms with Gasteiger partial charge in [0.15, 0.2) is 11.6 Å². The van der Waals surface area contributed by atoms with Crippen molar-refractivity contribution in [2.24, 2.45) is 7.05 Å². The van der Waals surface area contributed by atoms with Crippen molar-refractivity contribution in [1.82, 2.24) is 19.7 Å². The minimum absolute atomic E-state index is 0.261. The summed E-state index contributed by atoms with van der Waals surface area (Å²) in [6.07, 6.45) is 1.51. The number of ether oxygens (including phenoxy) is 1. The number of methoxy groups -OCH3 is 1. The number of nitrogens with one attached hydrogen (secondary N) is 2. The largest absolute Gasteiger partial charge is 0.497 e. The highest BCUT2D eigenvalue weighted by atomic mass is 79.9. The zero-order chi connectivity index (χ0) is 22.8. The first-order chi connectivity index (χ1) is 14.6. The summed E-state index contributed by atoms with van der Waals surface area (Å²) in [7, 11) is 3.31. The summed E-state index contributed by atoms with van der Waals surface area (Å²) >= 11 is 9.82. The third-order valence-corrected chi connectivity index (χ3v) is 5.25. The second kappa shape index (κ2) is 9.23. The Bertz CT molecular complexity index is 1090. The Labute approximate surface area is 194 Å². The van der Waals surface area contributed by atoms with Gasteiger partial charge in [-0.05, 0) is 33.6 Å². The van der Waals surface area contributed by atoms with Crippen LogP contribution >= 0.6 is 27.5 Å². The van der Waals surface area contributed by atoms with Gasteiger partial charge in [0.2, 0.25) is 0 Å². The molecular weight excluding hydrogens is 484 g/mol. The van der Waals surface area contributed by atoms with Crippen LogP contribution in [0.1, 0.15) is 42.5 Å². The summed E-state index contributed by atoms with van der Waals surface area (Å²) in [5.74, 6) is 1.07. The number of anilines is 2. The van der Waals surface area contributed by atoms with Gasteiger partial charge in [0.1, 0.15) is 16.0 Å². The average Bonchev–Trinajstić information content (AvgIpc) is 3.03. The van der Waals surface area contributed by atoms with Crippen LogP contribution in [0.3, 0.4) is 0 Å². The highest BCUT2D eigenvalue weighted by molar-refractivity contribution is 9.10. The van der Waals surface area contributed by atoms with E-state index in [0.29, 0.717) is 27.7 Å². The Morgan fingerprint density at radius 1 is 1.23 bits per heavy atom. The zero-order valence-corrected chi connectivity index (χ0v) is 20.3. The summed E-state index contributed by atoms with van der Waals surface area (Å²) in [6.45, 7) is 6.46. The predicted molar refractivity (Wildman–Crippen MR) is 125 cm³/mol. The summed E-state index contributed by atoms with van der Waals surface area (Å²) in [4.78, 5) is 21.7. The molecule has 0 saturated carbocycles. The Balaban J connectivity index is 1.82. The van der Waals surface area contributed by atoms with Gasteiger partial charge in [0.05, 0.1) is 24.0 Å². The van der Waals surface area contributed by atoms with Crippen LogP contribution in [0.5, 0.6) is 5.75 Å². The van der Waals surface area contributed by atoms with E-state index in [9.17, 15) is 4.79 Å². The van der Waals surface area contributed by atoms with Crippen LogP contribution in [0.15, 0.2) is 35.1 Å². The van der Waals surface area contributed by atoms with E-state index in [1.165, 1.54) is 10.9 Å². The van der Waals surface area contributed by atoms with Crippen molar-refractivity contribution in [2.75, 3.05) is 17.7 Å². The first-order valence-electron chi connectivity index (χ1n) is 9.54. The SMILES string of the molecule is COc1ccc(CNc2nc(Br)cnc2NC(=O)c2c(Cl)c(C(C)(C)C)nn2C)cc1. The molecule has 0 aliphatic carbocycles. The quantitative estimate of drug-likeness (QED) is 0.498. The van der Waals surface area contributed by atoms with E-state index >= 15 is 0 Å². The maximum absolute atomic E-state index is 13.0. The highest BCUT2D eigenvalue weighted by Gasteiger charge is 2.28. The van der Waals surface area contributed by atoms with Crippen LogP contribution < -0.4 is 15.4 Å². The zero-order valence-electron chi connectivity index (χ0n) is 18.0. The van der Waals surface area contributed by atoms with E-state index in [0.717, 1.165) is 11.3 Å². The number of hydrogen-bond acceptors (Lipinski definition) is 6. The lowest BCUT2D eigenvalue weighted by molar-refractivity contribution is 0.101. The molecule has 0 bridgehead atoms. The number of halogens is 2. The number of carbonyl (C=O) groups excluding carboxylic acids is 1. The molecule has 3 rings (SSSR count). The van der Waals surface area contributed by atoms with Crippen LogP contribution in [0.4, 0.5) is 11.6 Å². The fraction of sp³-hybridized carbons (Fsp3) is 0.333. The van der Waals surface area contributed by atoms with Crippen LogP contribution in [0.25, 0.3) is 0 Å². The van der Waals surface area contributed by atoms with Crippen LogP contribution in [0.2, 0.25) is 5.02 Å². The molecule has 10 heteroatoms. The minimum atomic E-state index is -0.417. The first-order valence-corrected chi connectivity index (χ1v) is 10.7. The van der Waals surface area contributed by atoms with Gasteiger partial charge in [0, 0.05) is 19.0 Å². The highest BCUT2D eigenvalue weighted by Crippen LogP contribution is 2.31. The Morgan fingerprint density at radius 2 is 1.90 bits per heavy atom. The molecule has 0 fully saturated rings. The van der Waals surface area contributed by atoms with Gasteiger partial charge in [-0.2, -0.15) is 5.10 Å². The number of nitrogens with zero attached hydrogens (tertiary/aromatic N) is 4. The molecule has 0 atom stereocenters. The summed E-state index contributed by atoms with van der Waals surface area (Å²) < 4.78 is 7.20. The van der Waals surface area contributed by atoms with Crippen molar-refractivity contribution >= 4 is 45.1 Å². The fourth-order valence-electron chi connectivity index (χ4n) is 2.90. The van der Waals surface area contributed by atoms with E-state index in [-0.39, 0.29) is 16.9 Å². The number of aryl methyl sites for hydroxylation is 1. The van der Waals surface area contributed by atoms with Gasteiger partial charge in [0.25, 0.3) is 5.91 Å². The molecule has 0 saturated heterocycles. The number of aromatic nitrogens is 4. The second-order valence-electron chi connectivity index (χ2n) is 7.93. The van der Waals surface area contributed by atoms with Crippen molar-refractivity contribution in [1.29, 1.82) is 0 Å². The number of hydrogen-bond donors (Lipinski definition) is 2. The van der Waals surface area contributed by atoms with Gasteiger partial charge in [-0.1, -0.05) is 44.5 Å². The van der Waals surface area contributed by atoms with E-state index in [1.54, 1.807) is 14.2 Å². The molecule has 0 aliphatic rings. The monoisotopic (exact) mass is 506 g/mol. The van der Waals surface area contributed by atoms with E-state index < -0.39 is 5.91 Å². The smallest absolute Gasteiger partial charge is 0.276 e. The molecule has 1 aromatic carbocycles. The van der Waals surface area contributed by atoms with Crippen molar-refractivity contribution in [3.05, 3.63) is 57.0 Å². The number of carbonyl (C=O) groups is 1. The fourth-order valence-corrected chi connectivity index (χ4v) is 3.71. The molecular formula is C21H24BrClN6O2. The van der Waals surface area contributed by atoms with E-state index in [2.05, 4.69) is 41.6 Å². The number of benzene rings is 1. The van der Waals surface area contributed by atoms with E-state index in [4.69, 9.17) is 16.3 Å². The maximum atomic E-state index is 13.0. The molecule has 164 valence electrons. The lowest BCUT2D eigenvalue weighted by Crippen LogP contribution is -2.19. The molecule has 0 aliphatic heterocycles. The normalized spacial score (nSPS) is 11.3. The van der Waals surface area contributed by atoms with Crippen molar-refractivity contribution < 1.29 is 9.53 Å². The minimum Gasteiger partial charge on any atom is -0.497 e. The first kappa shape index (κ1) is 23.0. The van der Waals surface area contributed by atoms with Gasteiger partial charge in [-0.15, -0.1) is 0 Å². The average molecular weight is 508 g/mol. The van der Waals surface area contributed by atoms with Gasteiger partial charge in [-0.3, -0.25) is 9.48 Å². The Kier molecular flexibility index (Phi) is 6.86. The second-order valence-corrected chi connectivity index (χ2v) is 9.12. The summed E-state index contributed by atoms with van der Waals surface area (Å²) in [5.41, 5.74) is 1.64. The summed E-state index contributed by atoms with van der Waals surface area (Å²) in [5, 5.41) is 10.8. The van der Waals surface area contributed by atoms with Crippen molar-refractivity contribution in [3.8, 4) is 5.75 Å². The molecule has 0 spiro atoms. The van der Waals surface area contributed by atoms with E-state index in [1.807, 2.05) is 45.0 Å². The number of amides is 1.